The van der Waals surface area contributed by atoms with Crippen LogP contribution in [0.5, 0.6) is 0 Å². The molecule has 1 aromatic rings. The van der Waals surface area contributed by atoms with Gasteiger partial charge in [0.25, 0.3) is 0 Å². The monoisotopic (exact) mass is 266 g/mol. The molecule has 4 heteroatoms. The van der Waals surface area contributed by atoms with E-state index in [0.717, 1.165) is 15.7 Å². The molecule has 78 valence electrons. The lowest BCUT2D eigenvalue weighted by molar-refractivity contribution is -0.117. The Morgan fingerprint density at radius 3 is 2.93 bits per heavy atom. The largest absolute Gasteiger partial charge is 0.324 e. The third-order valence-electron chi connectivity index (χ3n) is 2.82. The van der Waals surface area contributed by atoms with E-state index >= 15 is 0 Å². The molecule has 1 unspecified atom stereocenters. The Morgan fingerprint density at radius 1 is 1.40 bits per heavy atom. The smallest absolute Gasteiger partial charge is 0.246 e. The van der Waals surface area contributed by atoms with Crippen molar-refractivity contribution >= 4 is 27.5 Å². The third kappa shape index (κ3) is 1.68. The van der Waals surface area contributed by atoms with Crippen LogP contribution in [0.4, 0.5) is 5.69 Å². The molecule has 0 spiro atoms. The average Bonchev–Trinajstić information content (AvgIpc) is 2.96. The highest BCUT2D eigenvalue weighted by atomic mass is 79.9. The summed E-state index contributed by atoms with van der Waals surface area (Å²) in [6, 6.07) is 6.26. The fourth-order valence-electron chi connectivity index (χ4n) is 1.88. The van der Waals surface area contributed by atoms with Gasteiger partial charge in [0.2, 0.25) is 5.91 Å². The number of anilines is 1. The number of benzene rings is 1. The summed E-state index contributed by atoms with van der Waals surface area (Å²) < 4.78 is 1.01. The lowest BCUT2D eigenvalue weighted by Crippen LogP contribution is -2.29. The molecule has 1 saturated carbocycles. The second-order valence-corrected chi connectivity index (χ2v) is 5.01. The van der Waals surface area contributed by atoms with Gasteiger partial charge in [-0.2, -0.15) is 0 Å². The van der Waals surface area contributed by atoms with Crippen molar-refractivity contribution in [3.05, 3.63) is 28.2 Å². The van der Waals surface area contributed by atoms with Crippen LogP contribution in [0.25, 0.3) is 0 Å². The molecule has 2 N–H and O–H groups in total. The molecule has 0 radical (unpaired) electrons. The van der Waals surface area contributed by atoms with Gasteiger partial charge in [-0.3, -0.25) is 10.1 Å². The van der Waals surface area contributed by atoms with Crippen molar-refractivity contribution < 1.29 is 4.79 Å². The lowest BCUT2D eigenvalue weighted by atomic mass is 10.1. The van der Waals surface area contributed by atoms with Crippen molar-refractivity contribution in [1.29, 1.82) is 0 Å². The van der Waals surface area contributed by atoms with Gasteiger partial charge in [-0.05, 0) is 31.0 Å². The summed E-state index contributed by atoms with van der Waals surface area (Å²) in [6.45, 7) is 0. The van der Waals surface area contributed by atoms with Crippen molar-refractivity contribution in [2.75, 3.05) is 5.32 Å². The maximum Gasteiger partial charge on any atom is 0.246 e. The first-order chi connectivity index (χ1) is 7.24. The van der Waals surface area contributed by atoms with E-state index in [1.807, 2.05) is 18.2 Å². The van der Waals surface area contributed by atoms with Gasteiger partial charge in [0, 0.05) is 21.8 Å². The molecule has 0 saturated heterocycles. The molecule has 1 aromatic carbocycles. The molecule has 1 heterocycles. The van der Waals surface area contributed by atoms with Crippen molar-refractivity contribution in [1.82, 2.24) is 5.32 Å². The fraction of sp³-hybridized carbons (Fsp3) is 0.364. The number of hydrogen-bond acceptors (Lipinski definition) is 2. The topological polar surface area (TPSA) is 41.1 Å². The summed E-state index contributed by atoms with van der Waals surface area (Å²) >= 11 is 3.43. The summed E-state index contributed by atoms with van der Waals surface area (Å²) in [5, 5.41) is 6.24. The van der Waals surface area contributed by atoms with Crippen LogP contribution in [0.3, 0.4) is 0 Å². The molecule has 1 aliphatic heterocycles. The Morgan fingerprint density at radius 2 is 2.20 bits per heavy atom. The van der Waals surface area contributed by atoms with Crippen LogP contribution < -0.4 is 10.6 Å². The Kier molecular flexibility index (Phi) is 2.07. The fourth-order valence-corrected chi connectivity index (χ4v) is 2.26. The molecular formula is C11H11BrN2O. The highest BCUT2D eigenvalue weighted by Gasteiger charge is 2.34. The molecule has 3 nitrogen and oxygen atoms in total. The van der Waals surface area contributed by atoms with Gasteiger partial charge in [0.05, 0.1) is 0 Å². The summed E-state index contributed by atoms with van der Waals surface area (Å²) in [6.07, 6.45) is 2.38. The van der Waals surface area contributed by atoms with Crippen LogP contribution in [0.15, 0.2) is 22.7 Å². The lowest BCUT2D eigenvalue weighted by Gasteiger charge is -2.10. The number of hydrogen-bond donors (Lipinski definition) is 2. The molecule has 1 fully saturated rings. The summed E-state index contributed by atoms with van der Waals surface area (Å²) in [5.74, 6) is 0.0648. The van der Waals surface area contributed by atoms with Gasteiger partial charge >= 0.3 is 0 Å². The summed E-state index contributed by atoms with van der Waals surface area (Å²) in [5.41, 5.74) is 1.99. The molecule has 3 rings (SSSR count). The van der Waals surface area contributed by atoms with E-state index in [1.165, 1.54) is 12.8 Å². The zero-order valence-electron chi connectivity index (χ0n) is 8.09. The normalized spacial score (nSPS) is 23.8. The first-order valence-electron chi connectivity index (χ1n) is 5.10. The number of fused-ring (bicyclic) bond motifs is 1. The van der Waals surface area contributed by atoms with E-state index in [0.29, 0.717) is 6.04 Å². The van der Waals surface area contributed by atoms with Gasteiger partial charge in [0.1, 0.15) is 6.04 Å². The van der Waals surface area contributed by atoms with Crippen LogP contribution in [0.1, 0.15) is 24.4 Å². The molecular weight excluding hydrogens is 256 g/mol. The zero-order valence-corrected chi connectivity index (χ0v) is 9.67. The highest BCUT2D eigenvalue weighted by Crippen LogP contribution is 2.35. The molecule has 2 aliphatic rings. The van der Waals surface area contributed by atoms with Gasteiger partial charge in [-0.15, -0.1) is 0 Å². The van der Waals surface area contributed by atoms with E-state index < -0.39 is 0 Å². The van der Waals surface area contributed by atoms with Crippen molar-refractivity contribution in [3.8, 4) is 0 Å². The van der Waals surface area contributed by atoms with E-state index in [1.54, 1.807) is 0 Å². The minimum Gasteiger partial charge on any atom is -0.324 e. The van der Waals surface area contributed by atoms with Crippen LogP contribution in [0.2, 0.25) is 0 Å². The Bertz CT molecular complexity index is 429. The Labute approximate surface area is 96.4 Å². The number of halogens is 1. The van der Waals surface area contributed by atoms with Gasteiger partial charge < -0.3 is 5.32 Å². The van der Waals surface area contributed by atoms with Gasteiger partial charge in [0.15, 0.2) is 0 Å². The molecule has 0 bridgehead atoms. The van der Waals surface area contributed by atoms with Crippen molar-refractivity contribution in [2.24, 2.45) is 0 Å². The number of rotatable bonds is 2. The second kappa shape index (κ2) is 3.32. The number of nitrogens with one attached hydrogen (secondary N) is 2. The molecule has 15 heavy (non-hydrogen) atoms. The van der Waals surface area contributed by atoms with E-state index in [9.17, 15) is 4.79 Å². The van der Waals surface area contributed by atoms with Gasteiger partial charge in [-0.25, -0.2) is 0 Å². The van der Waals surface area contributed by atoms with Crippen LogP contribution in [0, 0.1) is 0 Å². The number of carbonyl (C=O) groups is 1. The van der Waals surface area contributed by atoms with Crippen LogP contribution in [-0.4, -0.2) is 11.9 Å². The molecule has 1 atom stereocenters. The quantitative estimate of drug-likeness (QED) is 0.862. The van der Waals surface area contributed by atoms with E-state index in [-0.39, 0.29) is 11.9 Å². The minimum absolute atomic E-state index is 0.0648. The van der Waals surface area contributed by atoms with Gasteiger partial charge in [-0.1, -0.05) is 15.9 Å². The molecule has 1 amide bonds. The minimum atomic E-state index is -0.162. The van der Waals surface area contributed by atoms with Crippen LogP contribution in [-0.2, 0) is 4.79 Å². The predicted octanol–water partition coefficient (Wildman–Crippen LogP) is 2.19. The molecule has 1 aliphatic carbocycles. The first kappa shape index (κ1) is 9.36. The van der Waals surface area contributed by atoms with Crippen LogP contribution >= 0.6 is 15.9 Å². The Balaban J connectivity index is 1.95. The number of amides is 1. The average molecular weight is 267 g/mol. The maximum atomic E-state index is 11.7. The standard InChI is InChI=1S/C11H11BrN2O/c12-6-1-4-9-8(5-6)10(11(15)14-9)13-7-2-3-7/h1,4-5,7,10,13H,2-3H2,(H,14,15). The highest BCUT2D eigenvalue weighted by molar-refractivity contribution is 9.10. The predicted molar refractivity (Wildman–Crippen MR) is 61.7 cm³/mol. The Hall–Kier alpha value is -0.870. The zero-order chi connectivity index (χ0) is 10.4. The second-order valence-electron chi connectivity index (χ2n) is 4.09. The van der Waals surface area contributed by atoms with Crippen molar-refractivity contribution in [2.45, 2.75) is 24.9 Å². The first-order valence-corrected chi connectivity index (χ1v) is 5.90. The molecule has 0 aromatic heterocycles. The summed E-state index contributed by atoms with van der Waals surface area (Å²) in [7, 11) is 0. The van der Waals surface area contributed by atoms with E-state index in [4.69, 9.17) is 0 Å². The maximum absolute atomic E-state index is 11.7. The summed E-state index contributed by atoms with van der Waals surface area (Å²) in [4.78, 5) is 11.7. The number of carbonyl (C=O) groups excluding carboxylic acids is 1. The third-order valence-corrected chi connectivity index (χ3v) is 3.32. The van der Waals surface area contributed by atoms with E-state index in [2.05, 4.69) is 26.6 Å². The SMILES string of the molecule is O=C1Nc2ccc(Br)cc2C1NC1CC1. The van der Waals surface area contributed by atoms with Crippen molar-refractivity contribution in [3.63, 3.8) is 0 Å².